The Morgan fingerprint density at radius 3 is 2.40 bits per heavy atom. The zero-order valence-electron chi connectivity index (χ0n) is 16.8. The van der Waals surface area contributed by atoms with Crippen molar-refractivity contribution in [1.29, 1.82) is 0 Å². The standard InChI is InChI=1S/C25H24BrNO3/c1-18-7-9-19(10-8-18)17-27-24(29)22-5-2-3-6-23(22)25(27,30-16-4-15-28)20-11-13-21(26)14-12-20/h2-3,5-14,28H,4,15-17H2,1H3. The van der Waals surface area contributed by atoms with Gasteiger partial charge < -0.3 is 9.84 Å². The molecule has 1 aliphatic heterocycles. The number of carbonyl (C=O) groups excluding carboxylic acids is 1. The number of ether oxygens (including phenoxy) is 1. The number of aliphatic hydroxyl groups is 1. The number of aliphatic hydroxyl groups excluding tert-OH is 1. The number of benzene rings is 3. The fourth-order valence-corrected chi connectivity index (χ4v) is 4.23. The first kappa shape index (κ1) is 20.8. The fourth-order valence-electron chi connectivity index (χ4n) is 3.97. The van der Waals surface area contributed by atoms with Crippen molar-refractivity contribution in [2.75, 3.05) is 13.2 Å². The Labute approximate surface area is 185 Å². The van der Waals surface area contributed by atoms with E-state index in [1.807, 2.05) is 72.5 Å². The maximum absolute atomic E-state index is 13.5. The summed E-state index contributed by atoms with van der Waals surface area (Å²) in [6, 6.07) is 23.7. The summed E-state index contributed by atoms with van der Waals surface area (Å²) in [4.78, 5) is 15.4. The van der Waals surface area contributed by atoms with Crippen LogP contribution in [-0.2, 0) is 17.0 Å². The van der Waals surface area contributed by atoms with Gasteiger partial charge in [0.1, 0.15) is 0 Å². The zero-order chi connectivity index (χ0) is 21.1. The van der Waals surface area contributed by atoms with Gasteiger partial charge in [0.25, 0.3) is 5.91 Å². The molecular formula is C25H24BrNO3. The number of carbonyl (C=O) groups is 1. The molecule has 1 aliphatic rings. The molecule has 0 saturated heterocycles. The minimum atomic E-state index is -1.05. The first-order chi connectivity index (χ1) is 14.6. The average Bonchev–Trinajstić information content (AvgIpc) is 3.00. The Morgan fingerprint density at radius 2 is 1.70 bits per heavy atom. The first-order valence-corrected chi connectivity index (χ1v) is 10.8. The number of halogens is 1. The van der Waals surface area contributed by atoms with Gasteiger partial charge in [-0.3, -0.25) is 9.69 Å². The molecule has 0 saturated carbocycles. The van der Waals surface area contributed by atoms with Crippen molar-refractivity contribution in [2.45, 2.75) is 25.6 Å². The molecule has 1 heterocycles. The molecule has 30 heavy (non-hydrogen) atoms. The maximum atomic E-state index is 13.5. The van der Waals surface area contributed by atoms with Crippen LogP contribution in [0.1, 0.15) is 39.0 Å². The summed E-state index contributed by atoms with van der Waals surface area (Å²) in [5, 5.41) is 9.34. The Balaban J connectivity index is 1.87. The third-order valence-electron chi connectivity index (χ3n) is 5.46. The molecular weight excluding hydrogens is 442 g/mol. The first-order valence-electron chi connectivity index (χ1n) is 10.0. The predicted octanol–water partition coefficient (Wildman–Crippen LogP) is 5.01. The molecule has 1 N–H and O–H groups in total. The smallest absolute Gasteiger partial charge is 0.257 e. The highest BCUT2D eigenvalue weighted by molar-refractivity contribution is 9.10. The van der Waals surface area contributed by atoms with Crippen molar-refractivity contribution in [1.82, 2.24) is 4.90 Å². The highest BCUT2D eigenvalue weighted by atomic mass is 79.9. The number of fused-ring (bicyclic) bond motifs is 1. The van der Waals surface area contributed by atoms with E-state index in [2.05, 4.69) is 28.1 Å². The highest BCUT2D eigenvalue weighted by Gasteiger charge is 2.52. The number of hydrogen-bond donors (Lipinski definition) is 1. The van der Waals surface area contributed by atoms with Gasteiger partial charge in [-0.2, -0.15) is 0 Å². The van der Waals surface area contributed by atoms with E-state index in [0.717, 1.165) is 21.2 Å². The second kappa shape index (κ2) is 8.72. The van der Waals surface area contributed by atoms with E-state index in [-0.39, 0.29) is 12.5 Å². The second-order valence-corrected chi connectivity index (χ2v) is 8.41. The van der Waals surface area contributed by atoms with Gasteiger partial charge in [-0.25, -0.2) is 0 Å². The monoisotopic (exact) mass is 465 g/mol. The van der Waals surface area contributed by atoms with Crippen molar-refractivity contribution < 1.29 is 14.6 Å². The van der Waals surface area contributed by atoms with Crippen molar-refractivity contribution in [2.24, 2.45) is 0 Å². The molecule has 4 nitrogen and oxygen atoms in total. The van der Waals surface area contributed by atoms with E-state index in [1.165, 1.54) is 5.56 Å². The molecule has 0 fully saturated rings. The lowest BCUT2D eigenvalue weighted by Gasteiger charge is -2.39. The molecule has 154 valence electrons. The molecule has 0 aromatic heterocycles. The number of amides is 1. The summed E-state index contributed by atoms with van der Waals surface area (Å²) in [7, 11) is 0. The summed E-state index contributed by atoms with van der Waals surface area (Å²) < 4.78 is 7.45. The third-order valence-corrected chi connectivity index (χ3v) is 5.99. The van der Waals surface area contributed by atoms with E-state index < -0.39 is 5.72 Å². The summed E-state index contributed by atoms with van der Waals surface area (Å²) >= 11 is 3.50. The molecule has 4 rings (SSSR count). The van der Waals surface area contributed by atoms with Crippen LogP contribution in [-0.4, -0.2) is 29.1 Å². The molecule has 0 spiro atoms. The average molecular weight is 466 g/mol. The SMILES string of the molecule is Cc1ccc(CN2C(=O)c3ccccc3C2(OCCCO)c2ccc(Br)cc2)cc1. The van der Waals surface area contributed by atoms with E-state index in [0.29, 0.717) is 25.1 Å². The Kier molecular flexibility index (Phi) is 6.04. The quantitative estimate of drug-likeness (QED) is 0.498. The highest BCUT2D eigenvalue weighted by Crippen LogP contribution is 2.46. The maximum Gasteiger partial charge on any atom is 0.257 e. The lowest BCUT2D eigenvalue weighted by Crippen LogP contribution is -2.46. The lowest BCUT2D eigenvalue weighted by atomic mass is 9.93. The largest absolute Gasteiger partial charge is 0.396 e. The second-order valence-electron chi connectivity index (χ2n) is 7.50. The summed E-state index contributed by atoms with van der Waals surface area (Å²) in [5.74, 6) is -0.0573. The van der Waals surface area contributed by atoms with Gasteiger partial charge in [-0.05, 0) is 37.1 Å². The summed E-state index contributed by atoms with van der Waals surface area (Å²) in [6.45, 7) is 2.83. The third kappa shape index (κ3) is 3.69. The van der Waals surface area contributed by atoms with E-state index >= 15 is 0 Å². The normalized spacial score (nSPS) is 18.0. The van der Waals surface area contributed by atoms with E-state index in [1.54, 1.807) is 0 Å². The van der Waals surface area contributed by atoms with Crippen molar-refractivity contribution in [3.05, 3.63) is 105 Å². The van der Waals surface area contributed by atoms with Gasteiger partial charge in [0.15, 0.2) is 5.72 Å². The number of nitrogens with zero attached hydrogens (tertiary/aromatic N) is 1. The van der Waals surface area contributed by atoms with E-state index in [9.17, 15) is 9.90 Å². The molecule has 5 heteroatoms. The van der Waals surface area contributed by atoms with Crippen molar-refractivity contribution in [3.63, 3.8) is 0 Å². The van der Waals surface area contributed by atoms with Crippen LogP contribution >= 0.6 is 15.9 Å². The van der Waals surface area contributed by atoms with Gasteiger partial charge in [-0.1, -0.05) is 76.1 Å². The molecule has 3 aromatic rings. The minimum absolute atomic E-state index is 0.0317. The van der Waals surface area contributed by atoms with Gasteiger partial charge in [-0.15, -0.1) is 0 Å². The summed E-state index contributed by atoms with van der Waals surface area (Å²) in [5.41, 5.74) is 3.53. The van der Waals surface area contributed by atoms with Gasteiger partial charge >= 0.3 is 0 Å². The molecule has 1 atom stereocenters. The molecule has 0 aliphatic carbocycles. The number of rotatable bonds is 7. The Morgan fingerprint density at radius 1 is 1.00 bits per heavy atom. The number of aryl methyl sites for hydroxylation is 1. The fraction of sp³-hybridized carbons (Fsp3) is 0.240. The number of hydrogen-bond acceptors (Lipinski definition) is 3. The topological polar surface area (TPSA) is 49.8 Å². The molecule has 0 radical (unpaired) electrons. The van der Waals surface area contributed by atoms with Crippen LogP contribution in [0.2, 0.25) is 0 Å². The lowest BCUT2D eigenvalue weighted by molar-refractivity contribution is -0.113. The van der Waals surface area contributed by atoms with Crippen molar-refractivity contribution in [3.8, 4) is 0 Å². The van der Waals surface area contributed by atoms with Crippen LogP contribution in [0.25, 0.3) is 0 Å². The van der Waals surface area contributed by atoms with Gasteiger partial charge in [0, 0.05) is 34.3 Å². The zero-order valence-corrected chi connectivity index (χ0v) is 18.4. The molecule has 1 unspecified atom stereocenters. The van der Waals surface area contributed by atoms with Crippen LogP contribution < -0.4 is 0 Å². The molecule has 1 amide bonds. The minimum Gasteiger partial charge on any atom is -0.396 e. The molecule has 3 aromatic carbocycles. The Hall–Kier alpha value is -2.47. The van der Waals surface area contributed by atoms with Gasteiger partial charge in [0.05, 0.1) is 6.61 Å². The van der Waals surface area contributed by atoms with Crippen molar-refractivity contribution >= 4 is 21.8 Å². The summed E-state index contributed by atoms with van der Waals surface area (Å²) in [6.07, 6.45) is 0.493. The van der Waals surface area contributed by atoms with Crippen LogP contribution in [0, 0.1) is 6.92 Å². The Bertz CT molecular complexity index is 1030. The van der Waals surface area contributed by atoms with E-state index in [4.69, 9.17) is 4.74 Å². The van der Waals surface area contributed by atoms with Crippen LogP contribution in [0.3, 0.4) is 0 Å². The van der Waals surface area contributed by atoms with Crippen LogP contribution in [0.4, 0.5) is 0 Å². The molecule has 0 bridgehead atoms. The van der Waals surface area contributed by atoms with Crippen LogP contribution in [0.5, 0.6) is 0 Å². The van der Waals surface area contributed by atoms with Gasteiger partial charge in [0.2, 0.25) is 0 Å². The van der Waals surface area contributed by atoms with Crippen LogP contribution in [0.15, 0.2) is 77.3 Å². The predicted molar refractivity (Wildman–Crippen MR) is 120 cm³/mol.